The van der Waals surface area contributed by atoms with Gasteiger partial charge in [-0.2, -0.15) is 0 Å². The predicted octanol–water partition coefficient (Wildman–Crippen LogP) is 1.74. The number of nitrogens with zero attached hydrogens (tertiary/aromatic N) is 1. The zero-order chi connectivity index (χ0) is 12.6. The number of hydrogen-bond acceptors (Lipinski definition) is 2. The van der Waals surface area contributed by atoms with Gasteiger partial charge in [-0.05, 0) is 30.5 Å². The molecule has 1 aliphatic heterocycles. The van der Waals surface area contributed by atoms with E-state index in [0.717, 1.165) is 5.56 Å². The zero-order valence-corrected chi connectivity index (χ0v) is 9.92. The minimum atomic E-state index is -0.211. The Bertz CT molecular complexity index is 473. The molecule has 0 N–H and O–H groups in total. The van der Waals surface area contributed by atoms with Gasteiger partial charge < -0.3 is 4.90 Å². The smallest absolute Gasteiger partial charge is 0.230 e. The second kappa shape index (κ2) is 4.28. The van der Waals surface area contributed by atoms with Gasteiger partial charge in [0.1, 0.15) is 5.82 Å². The molecule has 0 spiro atoms. The maximum absolute atomic E-state index is 13.4. The zero-order valence-electron chi connectivity index (χ0n) is 9.92. The van der Waals surface area contributed by atoms with Gasteiger partial charge in [0.2, 0.25) is 5.91 Å². The molecule has 0 aliphatic carbocycles. The first-order valence-electron chi connectivity index (χ1n) is 5.52. The van der Waals surface area contributed by atoms with E-state index in [-0.39, 0.29) is 30.5 Å². The third-order valence-electron chi connectivity index (χ3n) is 2.94. The summed E-state index contributed by atoms with van der Waals surface area (Å²) in [6.45, 7) is 3.95. The van der Waals surface area contributed by atoms with Gasteiger partial charge >= 0.3 is 0 Å². The van der Waals surface area contributed by atoms with Crippen LogP contribution in [0.3, 0.4) is 0 Å². The van der Waals surface area contributed by atoms with Gasteiger partial charge in [-0.15, -0.1) is 0 Å². The first kappa shape index (κ1) is 11.8. The number of hydrogen-bond donors (Lipinski definition) is 0. The summed E-state index contributed by atoms with van der Waals surface area (Å²) in [5.41, 5.74) is 2.00. The van der Waals surface area contributed by atoms with E-state index < -0.39 is 0 Å². The molecule has 0 saturated carbocycles. The van der Waals surface area contributed by atoms with E-state index in [1.807, 2.05) is 0 Å². The summed E-state index contributed by atoms with van der Waals surface area (Å²) in [6.07, 6.45) is -0.000834. The maximum atomic E-state index is 13.4. The number of ketones is 1. The molecule has 1 aliphatic rings. The fraction of sp³-hybridized carbons (Fsp3) is 0.385. The standard InChI is InChI=1S/C13H14FNO2/c1-8-3-10(4-9(2)13(8)14)6-15-7-11(16)5-12(15)17/h3-4H,5-7H2,1-2H3. The van der Waals surface area contributed by atoms with E-state index in [1.165, 1.54) is 4.90 Å². The lowest BCUT2D eigenvalue weighted by molar-refractivity contribution is -0.128. The molecule has 0 aromatic heterocycles. The van der Waals surface area contributed by atoms with E-state index in [1.54, 1.807) is 26.0 Å². The van der Waals surface area contributed by atoms with Gasteiger partial charge in [-0.25, -0.2) is 4.39 Å². The normalized spacial score (nSPS) is 15.8. The second-order valence-electron chi connectivity index (χ2n) is 4.51. The van der Waals surface area contributed by atoms with Crippen molar-refractivity contribution < 1.29 is 14.0 Å². The van der Waals surface area contributed by atoms with Crippen molar-refractivity contribution in [1.29, 1.82) is 0 Å². The van der Waals surface area contributed by atoms with Gasteiger partial charge in [-0.3, -0.25) is 9.59 Å². The fourth-order valence-corrected chi connectivity index (χ4v) is 2.13. The van der Waals surface area contributed by atoms with Gasteiger partial charge in [0.25, 0.3) is 0 Å². The molecule has 0 radical (unpaired) electrons. The lowest BCUT2D eigenvalue weighted by atomic mass is 10.1. The third kappa shape index (κ3) is 2.35. The number of benzene rings is 1. The van der Waals surface area contributed by atoms with E-state index in [0.29, 0.717) is 17.7 Å². The number of carbonyl (C=O) groups excluding carboxylic acids is 2. The highest BCUT2D eigenvalue weighted by molar-refractivity contribution is 6.05. The largest absolute Gasteiger partial charge is 0.331 e. The third-order valence-corrected chi connectivity index (χ3v) is 2.94. The van der Waals surface area contributed by atoms with E-state index in [2.05, 4.69) is 0 Å². The van der Waals surface area contributed by atoms with Crippen LogP contribution < -0.4 is 0 Å². The molecule has 2 rings (SSSR count). The highest BCUT2D eigenvalue weighted by Crippen LogP contribution is 2.18. The number of aryl methyl sites for hydroxylation is 2. The average Bonchev–Trinajstić information content (AvgIpc) is 2.54. The Kier molecular flexibility index (Phi) is 2.96. The number of amides is 1. The molecule has 1 saturated heterocycles. The van der Waals surface area contributed by atoms with Crippen LogP contribution in [0.4, 0.5) is 4.39 Å². The van der Waals surface area contributed by atoms with E-state index >= 15 is 0 Å². The molecule has 0 bridgehead atoms. The van der Waals surface area contributed by atoms with Crippen LogP contribution in [-0.2, 0) is 16.1 Å². The van der Waals surface area contributed by atoms with Crippen LogP contribution in [0.1, 0.15) is 23.1 Å². The molecule has 4 heteroatoms. The van der Waals surface area contributed by atoms with Crippen LogP contribution in [0.2, 0.25) is 0 Å². The number of likely N-dealkylation sites (tertiary alicyclic amines) is 1. The van der Waals surface area contributed by atoms with Crippen molar-refractivity contribution in [3.63, 3.8) is 0 Å². The van der Waals surface area contributed by atoms with Crippen molar-refractivity contribution in [3.05, 3.63) is 34.6 Å². The number of Topliss-reactive ketones (excluding diaryl/α,β-unsaturated/α-hetero) is 1. The van der Waals surface area contributed by atoms with Crippen LogP contribution in [0.5, 0.6) is 0 Å². The first-order valence-corrected chi connectivity index (χ1v) is 5.52. The summed E-state index contributed by atoms with van der Waals surface area (Å²) >= 11 is 0. The highest BCUT2D eigenvalue weighted by atomic mass is 19.1. The van der Waals surface area contributed by atoms with E-state index in [9.17, 15) is 14.0 Å². The Hall–Kier alpha value is -1.71. The molecule has 90 valence electrons. The average molecular weight is 235 g/mol. The summed E-state index contributed by atoms with van der Waals surface area (Å²) in [5.74, 6) is -0.405. The molecular weight excluding hydrogens is 221 g/mol. The van der Waals surface area contributed by atoms with Crippen LogP contribution >= 0.6 is 0 Å². The molecule has 0 unspecified atom stereocenters. The van der Waals surface area contributed by atoms with Crippen molar-refractivity contribution in [1.82, 2.24) is 4.90 Å². The van der Waals surface area contributed by atoms with Gasteiger partial charge in [-0.1, -0.05) is 12.1 Å². The Labute approximate surface area is 99.2 Å². The monoisotopic (exact) mass is 235 g/mol. The molecule has 1 aromatic rings. The van der Waals surface area contributed by atoms with Crippen molar-refractivity contribution in [2.45, 2.75) is 26.8 Å². The summed E-state index contributed by atoms with van der Waals surface area (Å²) in [7, 11) is 0. The molecule has 0 atom stereocenters. The topological polar surface area (TPSA) is 37.4 Å². The molecule has 1 heterocycles. The number of rotatable bonds is 2. The number of halogens is 1. The minimum Gasteiger partial charge on any atom is -0.331 e. The van der Waals surface area contributed by atoms with E-state index in [4.69, 9.17) is 0 Å². The predicted molar refractivity (Wildman–Crippen MR) is 60.9 cm³/mol. The Morgan fingerprint density at radius 2 is 1.82 bits per heavy atom. The van der Waals surface area contributed by atoms with Gasteiger partial charge in [0.05, 0.1) is 13.0 Å². The summed E-state index contributed by atoms with van der Waals surface area (Å²) in [5, 5.41) is 0. The lowest BCUT2D eigenvalue weighted by Crippen LogP contribution is -2.24. The minimum absolute atomic E-state index is 0.000834. The highest BCUT2D eigenvalue weighted by Gasteiger charge is 2.27. The molecular formula is C13H14FNO2. The van der Waals surface area contributed by atoms with Crippen molar-refractivity contribution >= 4 is 11.7 Å². The summed E-state index contributed by atoms with van der Waals surface area (Å²) in [4.78, 5) is 24.1. The summed E-state index contributed by atoms with van der Waals surface area (Å²) < 4.78 is 13.4. The molecule has 1 amide bonds. The first-order chi connectivity index (χ1) is 7.97. The Balaban J connectivity index is 2.19. The second-order valence-corrected chi connectivity index (χ2v) is 4.51. The summed E-state index contributed by atoms with van der Waals surface area (Å²) in [6, 6.07) is 3.44. The SMILES string of the molecule is Cc1cc(CN2CC(=O)CC2=O)cc(C)c1F. The van der Waals surface area contributed by atoms with Crippen LogP contribution in [0, 0.1) is 19.7 Å². The Morgan fingerprint density at radius 3 is 2.29 bits per heavy atom. The van der Waals surface area contributed by atoms with Crippen molar-refractivity contribution in [2.24, 2.45) is 0 Å². The fourth-order valence-electron chi connectivity index (χ4n) is 2.13. The van der Waals surface area contributed by atoms with Gasteiger partial charge in [0, 0.05) is 6.54 Å². The Morgan fingerprint density at radius 1 is 1.24 bits per heavy atom. The van der Waals surface area contributed by atoms with Crippen LogP contribution in [0.25, 0.3) is 0 Å². The van der Waals surface area contributed by atoms with Crippen LogP contribution in [-0.4, -0.2) is 23.1 Å². The number of carbonyl (C=O) groups is 2. The van der Waals surface area contributed by atoms with Gasteiger partial charge in [0.15, 0.2) is 5.78 Å². The molecule has 3 nitrogen and oxygen atoms in total. The molecule has 1 aromatic carbocycles. The molecule has 1 fully saturated rings. The maximum Gasteiger partial charge on any atom is 0.230 e. The van der Waals surface area contributed by atoms with Crippen LogP contribution in [0.15, 0.2) is 12.1 Å². The molecule has 17 heavy (non-hydrogen) atoms. The lowest BCUT2D eigenvalue weighted by Gasteiger charge is -2.15. The van der Waals surface area contributed by atoms with Crippen molar-refractivity contribution in [2.75, 3.05) is 6.54 Å². The quantitative estimate of drug-likeness (QED) is 0.732. The van der Waals surface area contributed by atoms with Crippen molar-refractivity contribution in [3.8, 4) is 0 Å².